The molecule has 0 bridgehead atoms. The zero-order valence-electron chi connectivity index (χ0n) is 15.6. The van der Waals surface area contributed by atoms with E-state index in [0.717, 1.165) is 38.5 Å². The second kappa shape index (κ2) is 8.96. The zero-order valence-corrected chi connectivity index (χ0v) is 17.1. The van der Waals surface area contributed by atoms with Crippen molar-refractivity contribution in [3.8, 4) is 0 Å². The molecule has 2 N–H and O–H groups in total. The fraction of sp³-hybridized carbons (Fsp3) is 0.478. The molecule has 4 atom stereocenters. The second-order valence-electron chi connectivity index (χ2n) is 8.04. The highest BCUT2D eigenvalue weighted by atomic mass is 35.5. The highest BCUT2D eigenvalue weighted by molar-refractivity contribution is 6.42. The predicted molar refractivity (Wildman–Crippen MR) is 115 cm³/mol. The Morgan fingerprint density at radius 2 is 1.56 bits per heavy atom. The van der Waals surface area contributed by atoms with Crippen LogP contribution >= 0.6 is 23.2 Å². The first-order valence-electron chi connectivity index (χ1n) is 10.1. The van der Waals surface area contributed by atoms with E-state index < -0.39 is 0 Å². The van der Waals surface area contributed by atoms with Gasteiger partial charge in [0.2, 0.25) is 0 Å². The summed E-state index contributed by atoms with van der Waals surface area (Å²) in [4.78, 5) is 0. The second-order valence-corrected chi connectivity index (χ2v) is 8.86. The Labute approximate surface area is 172 Å². The number of rotatable bonds is 4. The Morgan fingerprint density at radius 3 is 2.33 bits per heavy atom. The van der Waals surface area contributed by atoms with Gasteiger partial charge in [-0.3, -0.25) is 0 Å². The van der Waals surface area contributed by atoms with E-state index in [1.165, 1.54) is 24.0 Å². The highest BCUT2D eigenvalue weighted by Crippen LogP contribution is 2.41. The van der Waals surface area contributed by atoms with Crippen LogP contribution in [0, 0.1) is 17.8 Å². The molecule has 27 heavy (non-hydrogen) atoms. The van der Waals surface area contributed by atoms with Crippen molar-refractivity contribution in [3.63, 3.8) is 0 Å². The van der Waals surface area contributed by atoms with Gasteiger partial charge in [0.25, 0.3) is 0 Å². The third-order valence-corrected chi connectivity index (χ3v) is 7.21. The molecule has 0 radical (unpaired) electrons. The van der Waals surface area contributed by atoms with E-state index in [9.17, 15) is 0 Å². The van der Waals surface area contributed by atoms with Gasteiger partial charge in [0.15, 0.2) is 0 Å². The summed E-state index contributed by atoms with van der Waals surface area (Å²) in [5.41, 5.74) is 2.81. The molecular weight excluding hydrogens is 375 g/mol. The zero-order chi connectivity index (χ0) is 18.6. The molecule has 0 aliphatic carbocycles. The van der Waals surface area contributed by atoms with Gasteiger partial charge in [-0.05, 0) is 92.4 Å². The Hall–Kier alpha value is -1.06. The number of benzene rings is 2. The van der Waals surface area contributed by atoms with E-state index in [4.69, 9.17) is 23.2 Å². The summed E-state index contributed by atoms with van der Waals surface area (Å²) >= 11 is 12.5. The summed E-state index contributed by atoms with van der Waals surface area (Å²) in [5, 5.41) is 8.64. The van der Waals surface area contributed by atoms with E-state index in [2.05, 4.69) is 53.1 Å². The van der Waals surface area contributed by atoms with Crippen LogP contribution in [0.3, 0.4) is 0 Å². The van der Waals surface area contributed by atoms with E-state index in [-0.39, 0.29) is 0 Å². The predicted octanol–water partition coefficient (Wildman–Crippen LogP) is 5.15. The SMILES string of the molecule is Clc1ccc(C2CCNCC2C2CNCCC2Cc2ccccc2)cc1Cl. The van der Waals surface area contributed by atoms with Crippen LogP contribution in [0.25, 0.3) is 0 Å². The third kappa shape index (κ3) is 4.51. The molecule has 4 unspecified atom stereocenters. The Bertz CT molecular complexity index is 749. The van der Waals surface area contributed by atoms with Crippen LogP contribution in [-0.2, 0) is 6.42 Å². The van der Waals surface area contributed by atoms with Crippen molar-refractivity contribution >= 4 is 23.2 Å². The molecule has 0 spiro atoms. The van der Waals surface area contributed by atoms with Crippen LogP contribution in [0.4, 0.5) is 0 Å². The molecule has 144 valence electrons. The van der Waals surface area contributed by atoms with Gasteiger partial charge in [-0.2, -0.15) is 0 Å². The van der Waals surface area contributed by atoms with E-state index in [0.29, 0.717) is 27.8 Å². The molecule has 4 heteroatoms. The third-order valence-electron chi connectivity index (χ3n) is 6.47. The lowest BCUT2D eigenvalue weighted by Gasteiger charge is -2.44. The topological polar surface area (TPSA) is 24.1 Å². The van der Waals surface area contributed by atoms with Gasteiger partial charge in [-0.25, -0.2) is 0 Å². The fourth-order valence-electron chi connectivity index (χ4n) is 5.10. The van der Waals surface area contributed by atoms with Crippen LogP contribution < -0.4 is 10.6 Å². The number of nitrogens with one attached hydrogen (secondary N) is 2. The Balaban J connectivity index is 1.57. The minimum absolute atomic E-state index is 0.546. The lowest BCUT2D eigenvalue weighted by molar-refractivity contribution is 0.132. The first kappa shape index (κ1) is 19.3. The molecule has 2 aliphatic heterocycles. The molecular formula is C23H28Cl2N2. The summed E-state index contributed by atoms with van der Waals surface area (Å²) in [6.45, 7) is 4.40. The summed E-state index contributed by atoms with van der Waals surface area (Å²) in [5.74, 6) is 2.57. The molecule has 0 amide bonds. The van der Waals surface area contributed by atoms with Crippen LogP contribution in [0.2, 0.25) is 10.0 Å². The van der Waals surface area contributed by atoms with Crippen molar-refractivity contribution in [1.29, 1.82) is 0 Å². The minimum Gasteiger partial charge on any atom is -0.316 e. The van der Waals surface area contributed by atoms with Gasteiger partial charge in [0.05, 0.1) is 10.0 Å². The summed E-state index contributed by atoms with van der Waals surface area (Å²) < 4.78 is 0. The van der Waals surface area contributed by atoms with Crippen molar-refractivity contribution < 1.29 is 0 Å². The van der Waals surface area contributed by atoms with Gasteiger partial charge in [0, 0.05) is 0 Å². The molecule has 4 rings (SSSR count). The lowest BCUT2D eigenvalue weighted by atomic mass is 9.67. The molecule has 2 aliphatic rings. The van der Waals surface area contributed by atoms with Crippen molar-refractivity contribution in [1.82, 2.24) is 10.6 Å². The first-order chi connectivity index (χ1) is 13.2. The van der Waals surface area contributed by atoms with Crippen LogP contribution in [-0.4, -0.2) is 26.2 Å². The van der Waals surface area contributed by atoms with Crippen molar-refractivity contribution in [3.05, 3.63) is 69.7 Å². The highest BCUT2D eigenvalue weighted by Gasteiger charge is 2.38. The molecule has 2 nitrogen and oxygen atoms in total. The summed E-state index contributed by atoms with van der Waals surface area (Å²) in [6.07, 6.45) is 3.60. The van der Waals surface area contributed by atoms with Crippen molar-refractivity contribution in [2.24, 2.45) is 17.8 Å². The van der Waals surface area contributed by atoms with E-state index in [1.54, 1.807) is 0 Å². The lowest BCUT2D eigenvalue weighted by Crippen LogP contribution is -2.48. The van der Waals surface area contributed by atoms with Crippen LogP contribution in [0.5, 0.6) is 0 Å². The van der Waals surface area contributed by atoms with E-state index in [1.807, 2.05) is 6.07 Å². The van der Waals surface area contributed by atoms with Gasteiger partial charge >= 0.3 is 0 Å². The number of hydrogen-bond acceptors (Lipinski definition) is 2. The number of piperidine rings is 2. The minimum atomic E-state index is 0.546. The van der Waals surface area contributed by atoms with Gasteiger partial charge in [0.1, 0.15) is 0 Å². The Morgan fingerprint density at radius 1 is 0.815 bits per heavy atom. The number of hydrogen-bond donors (Lipinski definition) is 2. The quantitative estimate of drug-likeness (QED) is 0.737. The average molecular weight is 403 g/mol. The fourth-order valence-corrected chi connectivity index (χ4v) is 5.40. The number of halogens is 2. The maximum absolute atomic E-state index is 6.34. The standard InChI is InChI=1S/C23H28Cl2N2/c24-22-7-6-17(13-23(22)25)19-9-11-27-15-21(19)20-14-26-10-8-18(20)12-16-4-2-1-3-5-16/h1-7,13,18-21,26-27H,8-12,14-15H2. The molecule has 2 aromatic carbocycles. The monoisotopic (exact) mass is 402 g/mol. The van der Waals surface area contributed by atoms with Crippen molar-refractivity contribution in [2.45, 2.75) is 25.2 Å². The molecule has 2 aromatic rings. The van der Waals surface area contributed by atoms with Gasteiger partial charge in [-0.1, -0.05) is 59.6 Å². The molecule has 2 heterocycles. The maximum atomic E-state index is 6.34. The summed E-state index contributed by atoms with van der Waals surface area (Å²) in [6, 6.07) is 17.2. The van der Waals surface area contributed by atoms with E-state index >= 15 is 0 Å². The van der Waals surface area contributed by atoms with Crippen molar-refractivity contribution in [2.75, 3.05) is 26.2 Å². The molecule has 0 saturated carbocycles. The van der Waals surface area contributed by atoms with Crippen LogP contribution in [0.1, 0.15) is 29.9 Å². The maximum Gasteiger partial charge on any atom is 0.0595 e. The molecule has 2 saturated heterocycles. The first-order valence-corrected chi connectivity index (χ1v) is 10.9. The largest absolute Gasteiger partial charge is 0.316 e. The normalized spacial score (nSPS) is 28.8. The smallest absolute Gasteiger partial charge is 0.0595 e. The van der Waals surface area contributed by atoms with Gasteiger partial charge < -0.3 is 10.6 Å². The van der Waals surface area contributed by atoms with Gasteiger partial charge in [-0.15, -0.1) is 0 Å². The van der Waals surface area contributed by atoms with Crippen LogP contribution in [0.15, 0.2) is 48.5 Å². The Kier molecular flexibility index (Phi) is 6.39. The summed E-state index contributed by atoms with van der Waals surface area (Å²) in [7, 11) is 0. The average Bonchev–Trinajstić information content (AvgIpc) is 2.71. The molecule has 2 fully saturated rings. The molecule has 0 aromatic heterocycles.